The fourth-order valence-electron chi connectivity index (χ4n) is 1.98. The molecule has 0 aliphatic heterocycles. The predicted octanol–water partition coefficient (Wildman–Crippen LogP) is 3.72. The highest BCUT2D eigenvalue weighted by atomic mass is 79.9. The number of rotatable bonds is 8. The van der Waals surface area contributed by atoms with E-state index in [1.165, 1.54) is 5.56 Å². The lowest BCUT2D eigenvalue weighted by atomic mass is 10.2. The lowest BCUT2D eigenvalue weighted by Gasteiger charge is -2.09. The van der Waals surface area contributed by atoms with Crippen LogP contribution < -0.4 is 10.2 Å². The highest BCUT2D eigenvalue weighted by Crippen LogP contribution is 2.26. The van der Waals surface area contributed by atoms with Crippen molar-refractivity contribution in [3.8, 4) is 5.75 Å². The van der Waals surface area contributed by atoms with Crippen LogP contribution in [0.2, 0.25) is 0 Å². The summed E-state index contributed by atoms with van der Waals surface area (Å²) in [6.45, 7) is 2.59. The molecular formula is C18H20BrN3O2. The molecule has 0 radical (unpaired) electrons. The molecular weight excluding hydrogens is 370 g/mol. The summed E-state index contributed by atoms with van der Waals surface area (Å²) in [6, 6.07) is 9.66. The molecule has 0 unspecified atom stereocenters. The average Bonchev–Trinajstić information content (AvgIpc) is 2.60. The lowest BCUT2D eigenvalue weighted by Crippen LogP contribution is -2.18. The number of pyridine rings is 1. The van der Waals surface area contributed by atoms with Crippen LogP contribution in [0.4, 0.5) is 0 Å². The van der Waals surface area contributed by atoms with Crippen molar-refractivity contribution < 1.29 is 9.53 Å². The number of hydrogen-bond donors (Lipinski definition) is 1. The SMILES string of the molecule is CCc1ccc(OCCCC(=O)N/N=C/c2ccncc2)c(Br)c1. The third-order valence-corrected chi connectivity index (χ3v) is 3.94. The maximum Gasteiger partial charge on any atom is 0.240 e. The summed E-state index contributed by atoms with van der Waals surface area (Å²) in [5.41, 5.74) is 4.64. The number of amides is 1. The summed E-state index contributed by atoms with van der Waals surface area (Å²) in [6.07, 6.45) is 6.90. The maximum atomic E-state index is 11.7. The van der Waals surface area contributed by atoms with Crippen LogP contribution in [-0.2, 0) is 11.2 Å². The molecule has 0 bridgehead atoms. The van der Waals surface area contributed by atoms with Gasteiger partial charge in [-0.1, -0.05) is 13.0 Å². The van der Waals surface area contributed by atoms with Gasteiger partial charge in [0.2, 0.25) is 5.91 Å². The Hall–Kier alpha value is -2.21. The van der Waals surface area contributed by atoms with Crippen LogP contribution in [0.25, 0.3) is 0 Å². The minimum Gasteiger partial charge on any atom is -0.492 e. The Bertz CT molecular complexity index is 690. The van der Waals surface area contributed by atoms with Gasteiger partial charge in [-0.2, -0.15) is 5.10 Å². The van der Waals surface area contributed by atoms with E-state index in [1.807, 2.05) is 24.3 Å². The zero-order valence-corrected chi connectivity index (χ0v) is 15.1. The fraction of sp³-hybridized carbons (Fsp3) is 0.278. The molecule has 1 amide bonds. The highest BCUT2D eigenvalue weighted by Gasteiger charge is 2.04. The molecule has 0 fully saturated rings. The Morgan fingerprint density at radius 2 is 2.12 bits per heavy atom. The number of ether oxygens (including phenoxy) is 1. The number of halogens is 1. The van der Waals surface area contributed by atoms with Gasteiger partial charge in [0.25, 0.3) is 0 Å². The van der Waals surface area contributed by atoms with Crippen LogP contribution in [0.5, 0.6) is 5.75 Å². The smallest absolute Gasteiger partial charge is 0.240 e. The number of aryl methyl sites for hydroxylation is 1. The molecule has 1 N–H and O–H groups in total. The average molecular weight is 390 g/mol. The number of benzene rings is 1. The van der Waals surface area contributed by atoms with Crippen LogP contribution in [0.15, 0.2) is 52.3 Å². The first kappa shape index (κ1) is 18.1. The minimum absolute atomic E-state index is 0.135. The summed E-state index contributed by atoms with van der Waals surface area (Å²) >= 11 is 3.50. The second-order valence-corrected chi connectivity index (χ2v) is 6.00. The molecule has 0 aliphatic rings. The number of nitrogens with one attached hydrogen (secondary N) is 1. The van der Waals surface area contributed by atoms with E-state index in [0.717, 1.165) is 22.2 Å². The van der Waals surface area contributed by atoms with Gasteiger partial charge in [-0.25, -0.2) is 5.43 Å². The Kier molecular flexibility index (Phi) is 7.42. The first-order valence-corrected chi connectivity index (χ1v) is 8.61. The molecule has 1 heterocycles. The summed E-state index contributed by atoms with van der Waals surface area (Å²) in [5, 5.41) is 3.91. The van der Waals surface area contributed by atoms with E-state index in [1.54, 1.807) is 18.6 Å². The Balaban J connectivity index is 1.67. The van der Waals surface area contributed by atoms with Gasteiger partial charge in [0.05, 0.1) is 17.3 Å². The standard InChI is InChI=1S/C18H20BrN3O2/c1-2-14-5-6-17(16(19)12-14)24-11-3-4-18(23)22-21-13-15-7-9-20-10-8-15/h5-10,12-13H,2-4,11H2,1H3,(H,22,23)/b21-13+. The van der Waals surface area contributed by atoms with Crippen LogP contribution in [-0.4, -0.2) is 23.7 Å². The summed E-state index contributed by atoms with van der Waals surface area (Å²) in [5.74, 6) is 0.660. The number of aromatic nitrogens is 1. The Morgan fingerprint density at radius 1 is 1.33 bits per heavy atom. The van der Waals surface area contributed by atoms with Crippen molar-refractivity contribution in [3.05, 3.63) is 58.3 Å². The van der Waals surface area contributed by atoms with Crippen molar-refractivity contribution >= 4 is 28.1 Å². The molecule has 0 aliphatic carbocycles. The first-order chi connectivity index (χ1) is 11.7. The summed E-state index contributed by atoms with van der Waals surface area (Å²) in [7, 11) is 0. The molecule has 1 aromatic carbocycles. The van der Waals surface area contributed by atoms with Gasteiger partial charge in [0.15, 0.2) is 0 Å². The van der Waals surface area contributed by atoms with Gasteiger partial charge in [0.1, 0.15) is 5.75 Å². The number of nitrogens with zero attached hydrogens (tertiary/aromatic N) is 2. The van der Waals surface area contributed by atoms with Gasteiger partial charge in [0, 0.05) is 18.8 Å². The quantitative estimate of drug-likeness (QED) is 0.425. The van der Waals surface area contributed by atoms with Crippen molar-refractivity contribution in [1.82, 2.24) is 10.4 Å². The fourth-order valence-corrected chi connectivity index (χ4v) is 2.52. The molecule has 6 heteroatoms. The third kappa shape index (κ3) is 6.12. The van der Waals surface area contributed by atoms with Crippen molar-refractivity contribution in [3.63, 3.8) is 0 Å². The second-order valence-electron chi connectivity index (χ2n) is 5.14. The molecule has 2 aromatic rings. The molecule has 0 spiro atoms. The van der Waals surface area contributed by atoms with E-state index in [9.17, 15) is 4.79 Å². The van der Waals surface area contributed by atoms with Gasteiger partial charge in [-0.05, 0) is 64.2 Å². The first-order valence-electron chi connectivity index (χ1n) is 7.82. The van der Waals surface area contributed by atoms with Crippen LogP contribution >= 0.6 is 15.9 Å². The number of carbonyl (C=O) groups is 1. The molecule has 0 saturated heterocycles. The van der Waals surface area contributed by atoms with Crippen molar-refractivity contribution in [2.75, 3.05) is 6.61 Å². The lowest BCUT2D eigenvalue weighted by molar-refractivity contribution is -0.121. The highest BCUT2D eigenvalue weighted by molar-refractivity contribution is 9.10. The van der Waals surface area contributed by atoms with Gasteiger partial charge >= 0.3 is 0 Å². The van der Waals surface area contributed by atoms with E-state index >= 15 is 0 Å². The van der Waals surface area contributed by atoms with E-state index in [0.29, 0.717) is 19.4 Å². The Morgan fingerprint density at radius 3 is 2.83 bits per heavy atom. The zero-order chi connectivity index (χ0) is 17.2. The van der Waals surface area contributed by atoms with Crippen molar-refractivity contribution in [1.29, 1.82) is 0 Å². The second kappa shape index (κ2) is 9.82. The van der Waals surface area contributed by atoms with Crippen LogP contribution in [0.3, 0.4) is 0 Å². The van der Waals surface area contributed by atoms with Gasteiger partial charge in [-0.15, -0.1) is 0 Å². The molecule has 5 nitrogen and oxygen atoms in total. The molecule has 126 valence electrons. The maximum absolute atomic E-state index is 11.7. The molecule has 24 heavy (non-hydrogen) atoms. The zero-order valence-electron chi connectivity index (χ0n) is 13.5. The Labute approximate surface area is 150 Å². The summed E-state index contributed by atoms with van der Waals surface area (Å²) in [4.78, 5) is 15.6. The van der Waals surface area contributed by atoms with E-state index in [4.69, 9.17) is 4.74 Å². The van der Waals surface area contributed by atoms with Crippen LogP contribution in [0, 0.1) is 0 Å². The molecule has 1 aromatic heterocycles. The normalized spacial score (nSPS) is 10.8. The van der Waals surface area contributed by atoms with Gasteiger partial charge in [-0.3, -0.25) is 9.78 Å². The van der Waals surface area contributed by atoms with Crippen molar-refractivity contribution in [2.45, 2.75) is 26.2 Å². The summed E-state index contributed by atoms with van der Waals surface area (Å²) < 4.78 is 6.63. The monoisotopic (exact) mass is 389 g/mol. The molecule has 0 saturated carbocycles. The topological polar surface area (TPSA) is 63.6 Å². The van der Waals surface area contributed by atoms with Crippen LogP contribution in [0.1, 0.15) is 30.9 Å². The third-order valence-electron chi connectivity index (χ3n) is 3.32. The predicted molar refractivity (Wildman–Crippen MR) is 98.2 cm³/mol. The largest absolute Gasteiger partial charge is 0.492 e. The van der Waals surface area contributed by atoms with Gasteiger partial charge < -0.3 is 4.74 Å². The molecule has 0 atom stereocenters. The number of hydrazone groups is 1. The van der Waals surface area contributed by atoms with E-state index in [-0.39, 0.29) is 5.91 Å². The minimum atomic E-state index is -0.135. The number of hydrogen-bond acceptors (Lipinski definition) is 4. The van der Waals surface area contributed by atoms with E-state index in [2.05, 4.69) is 44.4 Å². The number of carbonyl (C=O) groups excluding carboxylic acids is 1. The van der Waals surface area contributed by atoms with E-state index < -0.39 is 0 Å². The molecule has 2 rings (SSSR count). The van der Waals surface area contributed by atoms with Crippen molar-refractivity contribution in [2.24, 2.45) is 5.10 Å².